The Morgan fingerprint density at radius 1 is 1.11 bits per heavy atom. The van der Waals surface area contributed by atoms with Gasteiger partial charge in [0.2, 0.25) is 0 Å². The molecule has 0 saturated carbocycles. The number of hydrogen-bond donors (Lipinski definition) is 1. The lowest BCUT2D eigenvalue weighted by Gasteiger charge is -2.06. The Morgan fingerprint density at radius 3 is 2.53 bits per heavy atom. The average Bonchev–Trinajstić information content (AvgIpc) is 2.39. The molecule has 5 heteroatoms. The third kappa shape index (κ3) is 3.87. The molecule has 4 nitrogen and oxygen atoms in total. The van der Waals surface area contributed by atoms with Gasteiger partial charge in [0.1, 0.15) is 0 Å². The molecule has 0 amide bonds. The first-order chi connectivity index (χ1) is 9.16. The van der Waals surface area contributed by atoms with Gasteiger partial charge in [-0.1, -0.05) is 46.3 Å². The first-order valence-corrected chi connectivity index (χ1v) is 6.63. The van der Waals surface area contributed by atoms with E-state index in [1.807, 2.05) is 30.3 Å². The fraction of sp³-hybridized carbons (Fsp3) is 0.143. The first kappa shape index (κ1) is 13.7. The highest BCUT2D eigenvalue weighted by Crippen LogP contribution is 2.22. The number of nitro benzene ring substituents is 1. The molecule has 0 radical (unpaired) electrons. The van der Waals surface area contributed by atoms with Crippen LogP contribution in [0.2, 0.25) is 0 Å². The number of nitro groups is 1. The van der Waals surface area contributed by atoms with Crippen LogP contribution in [0.4, 0.5) is 5.69 Å². The Hall–Kier alpha value is -1.72. The Kier molecular flexibility index (Phi) is 4.65. The fourth-order valence-electron chi connectivity index (χ4n) is 1.81. The summed E-state index contributed by atoms with van der Waals surface area (Å²) in [5, 5.41) is 14.1. The second-order valence-electron chi connectivity index (χ2n) is 4.12. The number of halogens is 1. The topological polar surface area (TPSA) is 55.2 Å². The van der Waals surface area contributed by atoms with Gasteiger partial charge < -0.3 is 5.32 Å². The number of nitrogens with zero attached hydrogens (tertiary/aromatic N) is 1. The molecule has 0 bridgehead atoms. The molecule has 0 aliphatic carbocycles. The summed E-state index contributed by atoms with van der Waals surface area (Å²) in [6.07, 6.45) is 0. The van der Waals surface area contributed by atoms with Crippen molar-refractivity contribution in [2.75, 3.05) is 0 Å². The van der Waals surface area contributed by atoms with Crippen molar-refractivity contribution in [2.45, 2.75) is 13.1 Å². The van der Waals surface area contributed by atoms with E-state index in [0.29, 0.717) is 18.7 Å². The maximum Gasteiger partial charge on any atom is 0.273 e. The van der Waals surface area contributed by atoms with Crippen LogP contribution in [0.15, 0.2) is 53.0 Å². The standard InChI is InChI=1S/C14H13BrN2O2/c15-13-6-7-14(17(18)19)12(8-13)10-16-9-11-4-2-1-3-5-11/h1-8,16H,9-10H2. The molecule has 19 heavy (non-hydrogen) atoms. The monoisotopic (exact) mass is 320 g/mol. The van der Waals surface area contributed by atoms with Crippen LogP contribution in [-0.4, -0.2) is 4.92 Å². The summed E-state index contributed by atoms with van der Waals surface area (Å²) in [4.78, 5) is 10.6. The van der Waals surface area contributed by atoms with Gasteiger partial charge in [0.05, 0.1) is 4.92 Å². The zero-order valence-electron chi connectivity index (χ0n) is 10.2. The van der Waals surface area contributed by atoms with Crippen molar-refractivity contribution in [3.8, 4) is 0 Å². The van der Waals surface area contributed by atoms with Crippen molar-refractivity contribution in [3.63, 3.8) is 0 Å². The average molecular weight is 321 g/mol. The third-order valence-corrected chi connectivity index (χ3v) is 3.22. The second-order valence-corrected chi connectivity index (χ2v) is 5.03. The van der Waals surface area contributed by atoms with Gasteiger partial charge in [-0.25, -0.2) is 0 Å². The number of nitrogens with one attached hydrogen (secondary N) is 1. The summed E-state index contributed by atoms with van der Waals surface area (Å²) in [5.41, 5.74) is 1.97. The van der Waals surface area contributed by atoms with Gasteiger partial charge in [-0.2, -0.15) is 0 Å². The van der Waals surface area contributed by atoms with Gasteiger partial charge in [0.25, 0.3) is 5.69 Å². The summed E-state index contributed by atoms with van der Waals surface area (Å²) < 4.78 is 0.842. The van der Waals surface area contributed by atoms with E-state index in [1.54, 1.807) is 12.1 Å². The van der Waals surface area contributed by atoms with E-state index in [0.717, 1.165) is 10.0 Å². The lowest BCUT2D eigenvalue weighted by atomic mass is 10.1. The second kappa shape index (κ2) is 6.45. The van der Waals surface area contributed by atoms with Crippen LogP contribution >= 0.6 is 15.9 Å². The van der Waals surface area contributed by atoms with Gasteiger partial charge in [-0.05, 0) is 17.7 Å². The minimum atomic E-state index is -0.355. The molecule has 0 aliphatic rings. The molecule has 98 valence electrons. The highest BCUT2D eigenvalue weighted by Gasteiger charge is 2.12. The molecule has 0 saturated heterocycles. The van der Waals surface area contributed by atoms with Crippen LogP contribution in [-0.2, 0) is 13.1 Å². The van der Waals surface area contributed by atoms with E-state index < -0.39 is 0 Å². The molecular weight excluding hydrogens is 308 g/mol. The molecule has 1 N–H and O–H groups in total. The quantitative estimate of drug-likeness (QED) is 0.675. The lowest BCUT2D eigenvalue weighted by Crippen LogP contribution is -2.13. The molecule has 0 spiro atoms. The van der Waals surface area contributed by atoms with Crippen molar-refractivity contribution in [3.05, 3.63) is 74.2 Å². The minimum absolute atomic E-state index is 0.142. The Bertz CT molecular complexity index is 573. The van der Waals surface area contributed by atoms with E-state index in [-0.39, 0.29) is 10.6 Å². The number of rotatable bonds is 5. The van der Waals surface area contributed by atoms with E-state index in [2.05, 4.69) is 21.2 Å². The van der Waals surface area contributed by atoms with Crippen LogP contribution in [0.25, 0.3) is 0 Å². The predicted octanol–water partition coefficient (Wildman–Crippen LogP) is 3.65. The van der Waals surface area contributed by atoms with Crippen molar-refractivity contribution < 1.29 is 4.92 Å². The zero-order valence-corrected chi connectivity index (χ0v) is 11.8. The Morgan fingerprint density at radius 2 is 1.84 bits per heavy atom. The van der Waals surface area contributed by atoms with Crippen molar-refractivity contribution in [1.82, 2.24) is 5.32 Å². The molecule has 0 atom stereocenters. The Labute approximate surface area is 119 Å². The van der Waals surface area contributed by atoms with Gasteiger partial charge in [0.15, 0.2) is 0 Å². The van der Waals surface area contributed by atoms with E-state index in [9.17, 15) is 10.1 Å². The van der Waals surface area contributed by atoms with Crippen LogP contribution < -0.4 is 5.32 Å². The number of hydrogen-bond acceptors (Lipinski definition) is 3. The van der Waals surface area contributed by atoms with Gasteiger partial charge in [0, 0.05) is 29.2 Å². The first-order valence-electron chi connectivity index (χ1n) is 5.84. The van der Waals surface area contributed by atoms with Crippen molar-refractivity contribution >= 4 is 21.6 Å². The summed E-state index contributed by atoms with van der Waals surface area (Å²) in [5.74, 6) is 0. The SMILES string of the molecule is O=[N+]([O-])c1ccc(Br)cc1CNCc1ccccc1. The Balaban J connectivity index is 2.03. The molecular formula is C14H13BrN2O2. The predicted molar refractivity (Wildman–Crippen MR) is 77.8 cm³/mol. The van der Waals surface area contributed by atoms with Gasteiger partial charge in [-0.15, -0.1) is 0 Å². The molecule has 0 heterocycles. The van der Waals surface area contributed by atoms with E-state index in [4.69, 9.17) is 0 Å². The maximum atomic E-state index is 10.9. The summed E-state index contributed by atoms with van der Waals surface area (Å²) >= 11 is 3.33. The summed E-state index contributed by atoms with van der Waals surface area (Å²) in [6, 6.07) is 14.9. The molecule has 2 aromatic carbocycles. The minimum Gasteiger partial charge on any atom is -0.308 e. The zero-order chi connectivity index (χ0) is 13.7. The van der Waals surface area contributed by atoms with E-state index in [1.165, 1.54) is 6.07 Å². The van der Waals surface area contributed by atoms with Crippen LogP contribution in [0.1, 0.15) is 11.1 Å². The largest absolute Gasteiger partial charge is 0.308 e. The van der Waals surface area contributed by atoms with Gasteiger partial charge in [-0.3, -0.25) is 10.1 Å². The van der Waals surface area contributed by atoms with Crippen LogP contribution in [0.5, 0.6) is 0 Å². The highest BCUT2D eigenvalue weighted by atomic mass is 79.9. The van der Waals surface area contributed by atoms with Crippen molar-refractivity contribution in [2.24, 2.45) is 0 Å². The molecule has 0 unspecified atom stereocenters. The van der Waals surface area contributed by atoms with Crippen LogP contribution in [0, 0.1) is 10.1 Å². The number of benzene rings is 2. The molecule has 0 fully saturated rings. The molecule has 2 aromatic rings. The summed E-state index contributed by atoms with van der Waals surface area (Å²) in [6.45, 7) is 1.15. The maximum absolute atomic E-state index is 10.9. The molecule has 0 aromatic heterocycles. The smallest absolute Gasteiger partial charge is 0.273 e. The fourth-order valence-corrected chi connectivity index (χ4v) is 2.22. The van der Waals surface area contributed by atoms with Crippen molar-refractivity contribution in [1.29, 1.82) is 0 Å². The lowest BCUT2D eigenvalue weighted by molar-refractivity contribution is -0.385. The molecule has 0 aliphatic heterocycles. The highest BCUT2D eigenvalue weighted by molar-refractivity contribution is 9.10. The van der Waals surface area contributed by atoms with Gasteiger partial charge >= 0.3 is 0 Å². The normalized spacial score (nSPS) is 10.4. The third-order valence-electron chi connectivity index (χ3n) is 2.73. The summed E-state index contributed by atoms with van der Waals surface area (Å²) in [7, 11) is 0. The van der Waals surface area contributed by atoms with Crippen LogP contribution in [0.3, 0.4) is 0 Å². The molecule has 2 rings (SSSR count). The van der Waals surface area contributed by atoms with E-state index >= 15 is 0 Å².